The SMILES string of the molecule is CC(N=C1Nc2cc(Cl)ccc2S(=O)(=O)N1)c1ccccn1. The molecule has 1 aromatic heterocycles. The molecule has 1 aromatic carbocycles. The van der Waals surface area contributed by atoms with Gasteiger partial charge in [0.25, 0.3) is 10.0 Å². The number of fused-ring (bicyclic) bond motifs is 1. The van der Waals surface area contributed by atoms with E-state index in [1.54, 1.807) is 12.3 Å². The summed E-state index contributed by atoms with van der Waals surface area (Å²) < 4.78 is 26.9. The van der Waals surface area contributed by atoms with Crippen LogP contribution < -0.4 is 10.0 Å². The van der Waals surface area contributed by atoms with Gasteiger partial charge in [-0.25, -0.2) is 18.1 Å². The monoisotopic (exact) mass is 336 g/mol. The normalized spacial score (nSPS) is 18.9. The zero-order chi connectivity index (χ0) is 15.7. The number of aromatic nitrogens is 1. The first-order valence-electron chi connectivity index (χ1n) is 6.54. The smallest absolute Gasteiger partial charge is 0.266 e. The Labute approximate surface area is 133 Å². The molecule has 1 aliphatic heterocycles. The predicted molar refractivity (Wildman–Crippen MR) is 85.5 cm³/mol. The zero-order valence-corrected chi connectivity index (χ0v) is 13.2. The Morgan fingerprint density at radius 3 is 2.82 bits per heavy atom. The molecule has 0 saturated carbocycles. The van der Waals surface area contributed by atoms with Gasteiger partial charge in [-0.05, 0) is 37.3 Å². The number of nitrogens with one attached hydrogen (secondary N) is 2. The van der Waals surface area contributed by atoms with Gasteiger partial charge in [0, 0.05) is 11.2 Å². The molecule has 2 heterocycles. The number of aliphatic imine (C=N–C) groups is 1. The van der Waals surface area contributed by atoms with E-state index in [9.17, 15) is 8.42 Å². The van der Waals surface area contributed by atoms with Gasteiger partial charge in [-0.3, -0.25) is 4.98 Å². The van der Waals surface area contributed by atoms with Crippen molar-refractivity contribution in [3.05, 3.63) is 53.3 Å². The van der Waals surface area contributed by atoms with E-state index in [-0.39, 0.29) is 16.9 Å². The van der Waals surface area contributed by atoms with Crippen molar-refractivity contribution >= 4 is 33.3 Å². The molecule has 2 aromatic rings. The Morgan fingerprint density at radius 2 is 2.09 bits per heavy atom. The van der Waals surface area contributed by atoms with Crippen molar-refractivity contribution in [2.45, 2.75) is 17.9 Å². The topological polar surface area (TPSA) is 83.5 Å². The molecule has 8 heteroatoms. The van der Waals surface area contributed by atoms with Crippen LogP contribution in [-0.4, -0.2) is 19.4 Å². The highest BCUT2D eigenvalue weighted by molar-refractivity contribution is 7.90. The third-order valence-electron chi connectivity index (χ3n) is 3.15. The van der Waals surface area contributed by atoms with Crippen LogP contribution in [0.3, 0.4) is 0 Å². The van der Waals surface area contributed by atoms with E-state index in [1.165, 1.54) is 12.1 Å². The number of guanidine groups is 1. The van der Waals surface area contributed by atoms with Crippen LogP contribution in [0.2, 0.25) is 5.02 Å². The first-order chi connectivity index (χ1) is 10.5. The number of hydrogen-bond acceptors (Lipinski definition) is 4. The second kappa shape index (κ2) is 5.58. The molecule has 0 aliphatic carbocycles. The molecule has 1 atom stereocenters. The Hall–Kier alpha value is -2.12. The highest BCUT2D eigenvalue weighted by atomic mass is 35.5. The maximum atomic E-state index is 12.2. The van der Waals surface area contributed by atoms with E-state index in [4.69, 9.17) is 11.6 Å². The lowest BCUT2D eigenvalue weighted by Crippen LogP contribution is -2.41. The summed E-state index contributed by atoms with van der Waals surface area (Å²) in [4.78, 5) is 8.69. The van der Waals surface area contributed by atoms with Crippen molar-refractivity contribution in [2.75, 3.05) is 5.32 Å². The molecule has 114 valence electrons. The van der Waals surface area contributed by atoms with E-state index < -0.39 is 10.0 Å². The summed E-state index contributed by atoms with van der Waals surface area (Å²) in [6.45, 7) is 1.83. The van der Waals surface area contributed by atoms with Crippen LogP contribution >= 0.6 is 11.6 Å². The van der Waals surface area contributed by atoms with Gasteiger partial charge >= 0.3 is 0 Å². The molecular formula is C14H13ClN4O2S. The number of benzene rings is 1. The fourth-order valence-electron chi connectivity index (χ4n) is 2.11. The van der Waals surface area contributed by atoms with E-state index in [1.807, 2.05) is 25.1 Å². The molecule has 0 saturated heterocycles. The van der Waals surface area contributed by atoms with Crippen molar-refractivity contribution in [1.29, 1.82) is 0 Å². The van der Waals surface area contributed by atoms with Crippen molar-refractivity contribution in [1.82, 2.24) is 9.71 Å². The summed E-state index contributed by atoms with van der Waals surface area (Å²) in [5.74, 6) is 0.146. The maximum Gasteiger partial charge on any atom is 0.266 e. The summed E-state index contributed by atoms with van der Waals surface area (Å²) in [5, 5.41) is 3.39. The molecule has 0 fully saturated rings. The highest BCUT2D eigenvalue weighted by Gasteiger charge is 2.27. The van der Waals surface area contributed by atoms with Gasteiger partial charge in [-0.15, -0.1) is 0 Å². The predicted octanol–water partition coefficient (Wildman–Crippen LogP) is 2.56. The number of sulfonamides is 1. The molecule has 6 nitrogen and oxygen atoms in total. The average molecular weight is 337 g/mol. The quantitative estimate of drug-likeness (QED) is 0.882. The van der Waals surface area contributed by atoms with Gasteiger partial charge in [0.15, 0.2) is 0 Å². The minimum Gasteiger partial charge on any atom is -0.324 e. The van der Waals surface area contributed by atoms with E-state index in [2.05, 4.69) is 20.0 Å². The zero-order valence-electron chi connectivity index (χ0n) is 11.6. The Morgan fingerprint density at radius 1 is 1.27 bits per heavy atom. The largest absolute Gasteiger partial charge is 0.324 e. The van der Waals surface area contributed by atoms with Gasteiger partial charge in [0.05, 0.1) is 17.4 Å². The average Bonchev–Trinajstić information content (AvgIpc) is 2.46. The van der Waals surface area contributed by atoms with E-state index >= 15 is 0 Å². The maximum absolute atomic E-state index is 12.2. The summed E-state index contributed by atoms with van der Waals surface area (Å²) in [6.07, 6.45) is 1.67. The number of anilines is 1. The van der Waals surface area contributed by atoms with Gasteiger partial charge in [0.1, 0.15) is 4.90 Å². The van der Waals surface area contributed by atoms with Crippen LogP contribution in [0.15, 0.2) is 52.5 Å². The third kappa shape index (κ3) is 2.90. The van der Waals surface area contributed by atoms with Gasteiger partial charge < -0.3 is 5.32 Å². The van der Waals surface area contributed by atoms with Crippen molar-refractivity contribution < 1.29 is 8.42 Å². The number of nitrogens with zero attached hydrogens (tertiary/aromatic N) is 2. The second-order valence-electron chi connectivity index (χ2n) is 4.78. The molecule has 0 bridgehead atoms. The molecule has 2 N–H and O–H groups in total. The standard InChI is InChI=1S/C14H13ClN4O2S/c1-9(11-4-2-3-7-16-11)17-14-18-12-8-10(15)5-6-13(12)22(20,21)19-14/h2-9H,1H3,(H2,17,18,19). The summed E-state index contributed by atoms with van der Waals surface area (Å²) >= 11 is 5.91. The third-order valence-corrected chi connectivity index (χ3v) is 4.79. The summed E-state index contributed by atoms with van der Waals surface area (Å²) in [6, 6.07) is 9.72. The van der Waals surface area contributed by atoms with E-state index in [0.29, 0.717) is 10.7 Å². The molecule has 22 heavy (non-hydrogen) atoms. The Bertz CT molecular complexity index is 837. The fourth-order valence-corrected chi connectivity index (χ4v) is 3.40. The Balaban J connectivity index is 1.96. The number of rotatable bonds is 2. The van der Waals surface area contributed by atoms with Gasteiger partial charge in [-0.2, -0.15) is 0 Å². The van der Waals surface area contributed by atoms with Crippen molar-refractivity contribution in [2.24, 2.45) is 4.99 Å². The molecular weight excluding hydrogens is 324 g/mol. The first kappa shape index (κ1) is 14.8. The molecule has 0 amide bonds. The lowest BCUT2D eigenvalue weighted by Gasteiger charge is -2.22. The van der Waals surface area contributed by atoms with Crippen LogP contribution in [0.1, 0.15) is 18.7 Å². The minimum absolute atomic E-state index is 0.140. The van der Waals surface area contributed by atoms with Crippen LogP contribution in [0.4, 0.5) is 5.69 Å². The van der Waals surface area contributed by atoms with Crippen LogP contribution in [0.25, 0.3) is 0 Å². The molecule has 0 radical (unpaired) electrons. The fraction of sp³-hybridized carbons (Fsp3) is 0.143. The van der Waals surface area contributed by atoms with E-state index in [0.717, 1.165) is 5.69 Å². The number of halogens is 1. The number of pyridine rings is 1. The van der Waals surface area contributed by atoms with Crippen molar-refractivity contribution in [3.8, 4) is 0 Å². The summed E-state index contributed by atoms with van der Waals surface area (Å²) in [7, 11) is -3.66. The lowest BCUT2D eigenvalue weighted by atomic mass is 10.2. The minimum atomic E-state index is -3.66. The highest BCUT2D eigenvalue weighted by Crippen LogP contribution is 2.28. The summed E-state index contributed by atoms with van der Waals surface area (Å²) in [5.41, 5.74) is 1.14. The van der Waals surface area contributed by atoms with Crippen LogP contribution in [-0.2, 0) is 10.0 Å². The lowest BCUT2D eigenvalue weighted by molar-refractivity contribution is 0.591. The van der Waals surface area contributed by atoms with Gasteiger partial charge in [0.2, 0.25) is 5.96 Å². The molecule has 3 rings (SSSR count). The molecule has 1 unspecified atom stereocenters. The van der Waals surface area contributed by atoms with Crippen LogP contribution in [0.5, 0.6) is 0 Å². The first-order valence-corrected chi connectivity index (χ1v) is 8.40. The van der Waals surface area contributed by atoms with Crippen LogP contribution in [0, 0.1) is 0 Å². The number of hydrogen-bond donors (Lipinski definition) is 2. The van der Waals surface area contributed by atoms with Crippen molar-refractivity contribution in [3.63, 3.8) is 0 Å². The molecule has 1 aliphatic rings. The Kier molecular flexibility index (Phi) is 3.76. The second-order valence-corrected chi connectivity index (χ2v) is 6.87. The molecule has 0 spiro atoms. The van der Waals surface area contributed by atoms with Gasteiger partial charge in [-0.1, -0.05) is 17.7 Å².